The molecule has 1 aliphatic heterocycles. The summed E-state index contributed by atoms with van der Waals surface area (Å²) in [6, 6.07) is 0. The van der Waals surface area contributed by atoms with Gasteiger partial charge in [0.25, 0.3) is 0 Å². The highest BCUT2D eigenvalue weighted by Crippen LogP contribution is 2.41. The first kappa shape index (κ1) is 19.3. The predicted molar refractivity (Wildman–Crippen MR) is 97.2 cm³/mol. The quantitative estimate of drug-likeness (QED) is 0.709. The van der Waals surface area contributed by atoms with Crippen molar-refractivity contribution in [3.63, 3.8) is 0 Å². The van der Waals surface area contributed by atoms with E-state index in [4.69, 9.17) is 5.73 Å². The van der Waals surface area contributed by atoms with Gasteiger partial charge in [0.2, 0.25) is 0 Å². The lowest BCUT2D eigenvalue weighted by Gasteiger charge is -2.50. The van der Waals surface area contributed by atoms with E-state index in [1.165, 1.54) is 37.4 Å². The standard InChI is InChI=1S/C17H37N3S/c1-6-19(7-2)10-9-11-20(8-3)17(13-18)12-16(4,5)14-21-15-17/h6-15,18H2,1-5H3. The molecule has 0 aromatic carbocycles. The summed E-state index contributed by atoms with van der Waals surface area (Å²) in [5, 5.41) is 0. The normalized spacial score (nSPS) is 25.7. The van der Waals surface area contributed by atoms with Crippen molar-refractivity contribution in [1.29, 1.82) is 0 Å². The summed E-state index contributed by atoms with van der Waals surface area (Å²) in [6.45, 7) is 18.2. The fourth-order valence-electron chi connectivity index (χ4n) is 3.73. The van der Waals surface area contributed by atoms with Gasteiger partial charge in [-0.25, -0.2) is 0 Å². The van der Waals surface area contributed by atoms with Crippen LogP contribution in [0, 0.1) is 5.41 Å². The van der Waals surface area contributed by atoms with Gasteiger partial charge in [0.15, 0.2) is 0 Å². The van der Waals surface area contributed by atoms with Crippen LogP contribution < -0.4 is 5.73 Å². The SMILES string of the molecule is CCN(CC)CCCN(CC)C1(CN)CSCC(C)(C)C1. The topological polar surface area (TPSA) is 32.5 Å². The van der Waals surface area contributed by atoms with Gasteiger partial charge < -0.3 is 10.6 Å². The van der Waals surface area contributed by atoms with E-state index in [1.54, 1.807) is 0 Å². The Morgan fingerprint density at radius 1 is 1.00 bits per heavy atom. The van der Waals surface area contributed by atoms with Gasteiger partial charge in [-0.2, -0.15) is 11.8 Å². The van der Waals surface area contributed by atoms with E-state index >= 15 is 0 Å². The first-order chi connectivity index (χ1) is 9.93. The molecule has 1 rings (SSSR count). The molecule has 0 bridgehead atoms. The van der Waals surface area contributed by atoms with E-state index in [0.717, 1.165) is 26.2 Å². The molecule has 3 nitrogen and oxygen atoms in total. The second kappa shape index (κ2) is 8.76. The van der Waals surface area contributed by atoms with Gasteiger partial charge in [-0.3, -0.25) is 4.90 Å². The number of hydrogen-bond donors (Lipinski definition) is 1. The van der Waals surface area contributed by atoms with E-state index in [0.29, 0.717) is 5.41 Å². The predicted octanol–water partition coefficient (Wildman–Crippen LogP) is 2.90. The third kappa shape index (κ3) is 5.42. The summed E-state index contributed by atoms with van der Waals surface area (Å²) in [4.78, 5) is 5.19. The van der Waals surface area contributed by atoms with E-state index in [2.05, 4.69) is 56.2 Å². The molecule has 1 unspecified atom stereocenters. The Kier molecular flexibility index (Phi) is 8.04. The summed E-state index contributed by atoms with van der Waals surface area (Å²) < 4.78 is 0. The van der Waals surface area contributed by atoms with Crippen LogP contribution in [0.1, 0.15) is 47.5 Å². The maximum absolute atomic E-state index is 6.25. The highest BCUT2D eigenvalue weighted by atomic mass is 32.2. The molecule has 0 spiro atoms. The van der Waals surface area contributed by atoms with Gasteiger partial charge >= 0.3 is 0 Å². The van der Waals surface area contributed by atoms with Gasteiger partial charge in [0, 0.05) is 17.8 Å². The van der Waals surface area contributed by atoms with Crippen molar-refractivity contribution in [1.82, 2.24) is 9.80 Å². The van der Waals surface area contributed by atoms with Crippen LogP contribution >= 0.6 is 11.8 Å². The molecular formula is C17H37N3S. The maximum atomic E-state index is 6.25. The third-order valence-electron chi connectivity index (χ3n) is 4.90. The van der Waals surface area contributed by atoms with Gasteiger partial charge in [0.05, 0.1) is 0 Å². The van der Waals surface area contributed by atoms with Crippen LogP contribution in [0.5, 0.6) is 0 Å². The largest absolute Gasteiger partial charge is 0.329 e. The van der Waals surface area contributed by atoms with Crippen LogP contribution in [0.3, 0.4) is 0 Å². The Labute approximate surface area is 137 Å². The molecule has 21 heavy (non-hydrogen) atoms. The highest BCUT2D eigenvalue weighted by Gasteiger charge is 2.42. The van der Waals surface area contributed by atoms with Crippen molar-refractivity contribution in [3.8, 4) is 0 Å². The number of nitrogens with zero attached hydrogens (tertiary/aromatic N) is 2. The number of likely N-dealkylation sites (N-methyl/N-ethyl adjacent to an activating group) is 1. The molecule has 2 N–H and O–H groups in total. The van der Waals surface area contributed by atoms with Crippen molar-refractivity contribution >= 4 is 11.8 Å². The molecular weight excluding hydrogens is 278 g/mol. The molecule has 0 aromatic rings. The van der Waals surface area contributed by atoms with Gasteiger partial charge in [-0.1, -0.05) is 34.6 Å². The van der Waals surface area contributed by atoms with E-state index < -0.39 is 0 Å². The van der Waals surface area contributed by atoms with E-state index in [1.807, 2.05) is 0 Å². The minimum atomic E-state index is 0.213. The molecule has 0 aromatic heterocycles. The molecule has 1 atom stereocenters. The van der Waals surface area contributed by atoms with Crippen molar-refractivity contribution in [2.24, 2.45) is 11.1 Å². The third-order valence-corrected chi connectivity index (χ3v) is 6.63. The minimum Gasteiger partial charge on any atom is -0.329 e. The van der Waals surface area contributed by atoms with Crippen LogP contribution in [0.4, 0.5) is 0 Å². The first-order valence-corrected chi connectivity index (χ1v) is 9.83. The van der Waals surface area contributed by atoms with E-state index in [9.17, 15) is 0 Å². The average molecular weight is 316 g/mol. The van der Waals surface area contributed by atoms with Crippen LogP contribution in [0.2, 0.25) is 0 Å². The van der Waals surface area contributed by atoms with Crippen LogP contribution in [-0.4, -0.2) is 66.1 Å². The smallest absolute Gasteiger partial charge is 0.0427 e. The summed E-state index contributed by atoms with van der Waals surface area (Å²) in [7, 11) is 0. The maximum Gasteiger partial charge on any atom is 0.0427 e. The van der Waals surface area contributed by atoms with Gasteiger partial charge in [0.1, 0.15) is 0 Å². The fourth-order valence-corrected chi connectivity index (χ4v) is 5.27. The zero-order valence-corrected chi connectivity index (χ0v) is 15.8. The Balaban J connectivity index is 2.63. The summed E-state index contributed by atoms with van der Waals surface area (Å²) in [5.74, 6) is 2.47. The zero-order valence-electron chi connectivity index (χ0n) is 15.0. The Hall–Kier alpha value is 0.230. The number of nitrogens with two attached hydrogens (primary N) is 1. The molecule has 0 amide bonds. The molecule has 0 saturated carbocycles. The van der Waals surface area contributed by atoms with Crippen molar-refractivity contribution < 1.29 is 0 Å². The lowest BCUT2D eigenvalue weighted by molar-refractivity contribution is 0.0692. The Bertz CT molecular complexity index is 292. The van der Waals surface area contributed by atoms with Crippen molar-refractivity contribution in [2.45, 2.75) is 53.0 Å². The lowest BCUT2D eigenvalue weighted by atomic mass is 9.78. The van der Waals surface area contributed by atoms with Crippen LogP contribution in [0.15, 0.2) is 0 Å². The van der Waals surface area contributed by atoms with Gasteiger partial charge in [-0.15, -0.1) is 0 Å². The van der Waals surface area contributed by atoms with Crippen LogP contribution in [-0.2, 0) is 0 Å². The molecule has 4 heteroatoms. The number of thioether (sulfide) groups is 1. The van der Waals surface area contributed by atoms with Crippen LogP contribution in [0.25, 0.3) is 0 Å². The second-order valence-electron chi connectivity index (χ2n) is 7.22. The second-order valence-corrected chi connectivity index (χ2v) is 8.21. The minimum absolute atomic E-state index is 0.213. The summed E-state index contributed by atoms with van der Waals surface area (Å²) in [5.41, 5.74) is 6.88. The van der Waals surface area contributed by atoms with Crippen molar-refractivity contribution in [2.75, 3.05) is 50.8 Å². The van der Waals surface area contributed by atoms with Gasteiger partial charge in [-0.05, 0) is 56.7 Å². The average Bonchev–Trinajstić information content (AvgIpc) is 2.46. The lowest BCUT2D eigenvalue weighted by Crippen LogP contribution is -2.60. The molecule has 1 heterocycles. The first-order valence-electron chi connectivity index (χ1n) is 8.68. The molecule has 0 aliphatic carbocycles. The number of rotatable bonds is 9. The molecule has 1 aliphatic rings. The molecule has 1 saturated heterocycles. The Morgan fingerprint density at radius 2 is 1.67 bits per heavy atom. The number of hydrogen-bond acceptors (Lipinski definition) is 4. The molecule has 1 fully saturated rings. The van der Waals surface area contributed by atoms with Crippen molar-refractivity contribution in [3.05, 3.63) is 0 Å². The Morgan fingerprint density at radius 3 is 2.14 bits per heavy atom. The fraction of sp³-hybridized carbons (Fsp3) is 1.00. The summed E-state index contributed by atoms with van der Waals surface area (Å²) in [6.07, 6.45) is 2.49. The molecule has 126 valence electrons. The monoisotopic (exact) mass is 315 g/mol. The zero-order chi connectivity index (χ0) is 15.9. The van der Waals surface area contributed by atoms with E-state index in [-0.39, 0.29) is 5.54 Å². The summed E-state index contributed by atoms with van der Waals surface area (Å²) >= 11 is 2.09. The highest BCUT2D eigenvalue weighted by molar-refractivity contribution is 7.99. The molecule has 0 radical (unpaired) electrons.